The lowest BCUT2D eigenvalue weighted by atomic mass is 10.1. The van der Waals surface area contributed by atoms with Crippen molar-refractivity contribution < 1.29 is 9.59 Å². The molecular formula is C23H26N4O2. The van der Waals surface area contributed by atoms with Crippen LogP contribution in [0.15, 0.2) is 48.7 Å². The van der Waals surface area contributed by atoms with Crippen molar-refractivity contribution in [3.63, 3.8) is 0 Å². The number of hydrogen-bond acceptors (Lipinski definition) is 3. The molecule has 6 heteroatoms. The highest BCUT2D eigenvalue weighted by atomic mass is 16.2. The molecule has 1 aromatic heterocycles. The third kappa shape index (κ3) is 5.10. The summed E-state index contributed by atoms with van der Waals surface area (Å²) in [5.41, 5.74) is 6.04. The van der Waals surface area contributed by atoms with Crippen molar-refractivity contribution >= 4 is 23.2 Å². The van der Waals surface area contributed by atoms with Crippen molar-refractivity contribution in [1.82, 2.24) is 9.78 Å². The van der Waals surface area contributed by atoms with Crippen LogP contribution in [0.2, 0.25) is 0 Å². The zero-order valence-electron chi connectivity index (χ0n) is 17.4. The predicted molar refractivity (Wildman–Crippen MR) is 115 cm³/mol. The molecule has 0 bridgehead atoms. The molecule has 2 aromatic carbocycles. The average Bonchev–Trinajstić information content (AvgIpc) is 3.09. The molecule has 3 aromatic rings. The van der Waals surface area contributed by atoms with Crippen LogP contribution >= 0.6 is 0 Å². The first-order valence-electron chi connectivity index (χ1n) is 9.55. The number of aryl methyl sites for hydroxylation is 4. The van der Waals surface area contributed by atoms with E-state index in [0.29, 0.717) is 0 Å². The minimum atomic E-state index is -0.557. The largest absolute Gasteiger partial charge is 0.324 e. The van der Waals surface area contributed by atoms with Gasteiger partial charge in [-0.1, -0.05) is 12.1 Å². The van der Waals surface area contributed by atoms with Crippen molar-refractivity contribution in [2.24, 2.45) is 0 Å². The van der Waals surface area contributed by atoms with Gasteiger partial charge in [0.15, 0.2) is 5.69 Å². The highest BCUT2D eigenvalue weighted by Crippen LogP contribution is 2.17. The van der Waals surface area contributed by atoms with Crippen molar-refractivity contribution in [3.05, 3.63) is 76.6 Å². The van der Waals surface area contributed by atoms with Gasteiger partial charge in [0.2, 0.25) is 5.91 Å². The number of carbonyl (C=O) groups is 2. The predicted octanol–water partition coefficient (Wildman–Crippen LogP) is 4.57. The average molecular weight is 390 g/mol. The first-order valence-corrected chi connectivity index (χ1v) is 9.55. The normalized spacial score (nSPS) is 11.8. The summed E-state index contributed by atoms with van der Waals surface area (Å²) in [6, 6.07) is 12.8. The van der Waals surface area contributed by atoms with Crippen molar-refractivity contribution in [1.29, 1.82) is 0 Å². The molecule has 0 aliphatic heterocycles. The Labute approximate surface area is 170 Å². The van der Waals surface area contributed by atoms with Gasteiger partial charge in [-0.2, -0.15) is 5.10 Å². The fraction of sp³-hybridized carbons (Fsp3) is 0.261. The third-order valence-corrected chi connectivity index (χ3v) is 4.59. The molecule has 0 aliphatic rings. The zero-order chi connectivity index (χ0) is 21.1. The maximum Gasteiger partial charge on any atom is 0.276 e. The number of amides is 2. The SMILES string of the molecule is Cc1cc(C)cc(NC(=O)c2ccn([C@H](C)C(=O)Nc3cc(C)cc(C)c3)n2)c1. The Balaban J connectivity index is 1.69. The van der Waals surface area contributed by atoms with Crippen LogP contribution < -0.4 is 10.6 Å². The van der Waals surface area contributed by atoms with Crippen LogP contribution in [0, 0.1) is 27.7 Å². The molecular weight excluding hydrogens is 364 g/mol. The molecule has 2 N–H and O–H groups in total. The number of nitrogens with one attached hydrogen (secondary N) is 2. The Bertz CT molecular complexity index is 1030. The lowest BCUT2D eigenvalue weighted by Crippen LogP contribution is -2.24. The minimum absolute atomic E-state index is 0.195. The smallest absolute Gasteiger partial charge is 0.276 e. The first-order chi connectivity index (χ1) is 13.7. The van der Waals surface area contributed by atoms with Crippen LogP contribution in [0.25, 0.3) is 0 Å². The Hall–Kier alpha value is -3.41. The van der Waals surface area contributed by atoms with Crippen molar-refractivity contribution in [2.75, 3.05) is 10.6 Å². The second-order valence-electron chi connectivity index (χ2n) is 7.55. The summed E-state index contributed by atoms with van der Waals surface area (Å²) in [4.78, 5) is 25.1. The number of carbonyl (C=O) groups excluding carboxylic acids is 2. The van der Waals surface area contributed by atoms with Crippen LogP contribution in [-0.2, 0) is 4.79 Å². The van der Waals surface area contributed by atoms with Crippen molar-refractivity contribution in [2.45, 2.75) is 40.7 Å². The van der Waals surface area contributed by atoms with E-state index < -0.39 is 6.04 Å². The number of anilines is 2. The van der Waals surface area contributed by atoms with E-state index in [9.17, 15) is 9.59 Å². The topological polar surface area (TPSA) is 76.0 Å². The minimum Gasteiger partial charge on any atom is -0.324 e. The molecule has 0 aliphatic carbocycles. The second kappa shape index (κ2) is 8.31. The monoisotopic (exact) mass is 390 g/mol. The molecule has 2 amide bonds. The van der Waals surface area contributed by atoms with Gasteiger partial charge in [0, 0.05) is 17.6 Å². The third-order valence-electron chi connectivity index (χ3n) is 4.59. The van der Waals surface area contributed by atoms with E-state index in [2.05, 4.69) is 15.7 Å². The van der Waals surface area contributed by atoms with Gasteiger partial charge in [0.05, 0.1) is 0 Å². The van der Waals surface area contributed by atoms with E-state index in [-0.39, 0.29) is 17.5 Å². The van der Waals surface area contributed by atoms with Gasteiger partial charge in [-0.15, -0.1) is 0 Å². The number of rotatable bonds is 5. The number of nitrogens with zero attached hydrogens (tertiary/aromatic N) is 2. The molecule has 3 rings (SSSR count). The van der Waals surface area contributed by atoms with E-state index >= 15 is 0 Å². The molecule has 0 saturated heterocycles. The molecule has 0 fully saturated rings. The number of benzene rings is 2. The summed E-state index contributed by atoms with van der Waals surface area (Å²) < 4.78 is 1.49. The van der Waals surface area contributed by atoms with Crippen LogP contribution in [0.1, 0.15) is 45.7 Å². The van der Waals surface area contributed by atoms with Gasteiger partial charge >= 0.3 is 0 Å². The number of hydrogen-bond donors (Lipinski definition) is 2. The van der Waals surface area contributed by atoms with E-state index in [4.69, 9.17) is 0 Å². The van der Waals surface area contributed by atoms with Gasteiger partial charge in [-0.3, -0.25) is 14.3 Å². The Kier molecular flexibility index (Phi) is 5.82. The summed E-state index contributed by atoms with van der Waals surface area (Å²) in [6.45, 7) is 9.68. The lowest BCUT2D eigenvalue weighted by Gasteiger charge is -2.13. The van der Waals surface area contributed by atoms with Gasteiger partial charge in [-0.25, -0.2) is 0 Å². The maximum atomic E-state index is 12.6. The zero-order valence-corrected chi connectivity index (χ0v) is 17.4. The fourth-order valence-electron chi connectivity index (χ4n) is 3.33. The van der Waals surface area contributed by atoms with Gasteiger partial charge in [0.25, 0.3) is 5.91 Å². The molecule has 29 heavy (non-hydrogen) atoms. The number of aromatic nitrogens is 2. The standard InChI is InChI=1S/C23H26N4O2/c1-14-8-15(2)11-19(10-14)24-22(28)18(5)27-7-6-21(26-27)23(29)25-20-12-16(3)9-17(4)13-20/h6-13,18H,1-5H3,(H,24,28)(H,25,29)/t18-/m1/s1. The van der Waals surface area contributed by atoms with Gasteiger partial charge in [0.1, 0.15) is 6.04 Å². The van der Waals surface area contributed by atoms with Crippen LogP contribution in [0.5, 0.6) is 0 Å². The Morgan fingerprint density at radius 3 is 1.83 bits per heavy atom. The van der Waals surface area contributed by atoms with Crippen LogP contribution in [0.4, 0.5) is 11.4 Å². The molecule has 0 radical (unpaired) electrons. The van der Waals surface area contributed by atoms with E-state index in [1.54, 1.807) is 19.2 Å². The maximum absolute atomic E-state index is 12.6. The first kappa shape index (κ1) is 20.3. The molecule has 1 atom stereocenters. The summed E-state index contributed by atoms with van der Waals surface area (Å²) in [5.74, 6) is -0.505. The lowest BCUT2D eigenvalue weighted by molar-refractivity contribution is -0.119. The van der Waals surface area contributed by atoms with E-state index in [0.717, 1.165) is 33.6 Å². The van der Waals surface area contributed by atoms with E-state index in [1.165, 1.54) is 4.68 Å². The summed E-state index contributed by atoms with van der Waals surface area (Å²) >= 11 is 0. The van der Waals surface area contributed by atoms with Crippen LogP contribution in [0.3, 0.4) is 0 Å². The molecule has 150 valence electrons. The van der Waals surface area contributed by atoms with E-state index in [1.807, 2.05) is 64.1 Å². The summed E-state index contributed by atoms with van der Waals surface area (Å²) in [5, 5.41) is 10.1. The summed E-state index contributed by atoms with van der Waals surface area (Å²) in [7, 11) is 0. The molecule has 6 nitrogen and oxygen atoms in total. The second-order valence-corrected chi connectivity index (χ2v) is 7.55. The molecule has 0 saturated carbocycles. The molecule has 0 spiro atoms. The Morgan fingerprint density at radius 1 is 0.828 bits per heavy atom. The van der Waals surface area contributed by atoms with Gasteiger partial charge < -0.3 is 10.6 Å². The highest BCUT2D eigenvalue weighted by Gasteiger charge is 2.18. The quantitative estimate of drug-likeness (QED) is 0.670. The Morgan fingerprint density at radius 2 is 1.31 bits per heavy atom. The molecule has 1 heterocycles. The summed E-state index contributed by atoms with van der Waals surface area (Å²) in [6.07, 6.45) is 1.64. The molecule has 0 unspecified atom stereocenters. The van der Waals surface area contributed by atoms with Crippen molar-refractivity contribution in [3.8, 4) is 0 Å². The van der Waals surface area contributed by atoms with Crippen LogP contribution in [-0.4, -0.2) is 21.6 Å². The fourth-order valence-corrected chi connectivity index (χ4v) is 3.33. The van der Waals surface area contributed by atoms with Gasteiger partial charge in [-0.05, 0) is 87.2 Å². The highest BCUT2D eigenvalue weighted by molar-refractivity contribution is 6.03.